The van der Waals surface area contributed by atoms with Gasteiger partial charge in [-0.1, -0.05) is 13.8 Å². The van der Waals surface area contributed by atoms with Gasteiger partial charge in [0.1, 0.15) is 5.54 Å². The second-order valence-corrected chi connectivity index (χ2v) is 4.65. The highest BCUT2D eigenvalue weighted by Gasteiger charge is 2.45. The van der Waals surface area contributed by atoms with E-state index in [-0.39, 0.29) is 11.9 Å². The van der Waals surface area contributed by atoms with E-state index in [0.29, 0.717) is 5.92 Å². The molecule has 4 heteroatoms. The summed E-state index contributed by atoms with van der Waals surface area (Å²) in [7, 11) is 1.78. The zero-order valence-corrected chi connectivity index (χ0v) is 9.63. The number of nitriles is 1. The molecule has 0 heterocycles. The smallest absolute Gasteiger partial charge is 0.238 e. The molecule has 0 aromatic carbocycles. The van der Waals surface area contributed by atoms with E-state index in [4.69, 9.17) is 5.26 Å². The van der Waals surface area contributed by atoms with Gasteiger partial charge >= 0.3 is 0 Å². The van der Waals surface area contributed by atoms with Crippen molar-refractivity contribution in [1.29, 1.82) is 5.26 Å². The minimum Gasteiger partial charge on any atom is -0.336 e. The molecule has 1 rings (SSSR count). The Balaban J connectivity index is 2.47. The maximum Gasteiger partial charge on any atom is 0.238 e. The molecule has 1 saturated carbocycles. The molecule has 15 heavy (non-hydrogen) atoms. The minimum absolute atomic E-state index is 0.0507. The first-order valence-electron chi connectivity index (χ1n) is 5.43. The maximum absolute atomic E-state index is 11.8. The molecule has 0 unspecified atom stereocenters. The summed E-state index contributed by atoms with van der Waals surface area (Å²) in [6.07, 6.45) is 2.37. The number of carbonyl (C=O) groups is 1. The van der Waals surface area contributed by atoms with E-state index < -0.39 is 5.54 Å². The van der Waals surface area contributed by atoms with Crippen LogP contribution in [0.1, 0.15) is 33.1 Å². The fraction of sp³-hybridized carbons (Fsp3) is 0.818. The molecule has 0 aromatic rings. The maximum atomic E-state index is 11.8. The van der Waals surface area contributed by atoms with E-state index >= 15 is 0 Å². The zero-order valence-electron chi connectivity index (χ0n) is 9.63. The van der Waals surface area contributed by atoms with Crippen molar-refractivity contribution in [2.75, 3.05) is 7.05 Å². The molecule has 1 amide bonds. The van der Waals surface area contributed by atoms with E-state index in [0.717, 1.165) is 19.3 Å². The summed E-state index contributed by atoms with van der Waals surface area (Å²) in [5, 5.41) is 14.7. The Labute approximate surface area is 91.0 Å². The van der Waals surface area contributed by atoms with E-state index in [1.54, 1.807) is 7.05 Å². The van der Waals surface area contributed by atoms with Crippen LogP contribution in [-0.2, 0) is 4.79 Å². The van der Waals surface area contributed by atoms with Gasteiger partial charge in [0, 0.05) is 0 Å². The Bertz CT molecular complexity index is 276. The molecular formula is C11H19N3O. The lowest BCUT2D eigenvalue weighted by Gasteiger charge is -2.19. The van der Waals surface area contributed by atoms with Crippen LogP contribution in [0, 0.1) is 17.2 Å². The van der Waals surface area contributed by atoms with Gasteiger partial charge in [-0.05, 0) is 32.2 Å². The number of hydrogen-bond acceptors (Lipinski definition) is 3. The first-order chi connectivity index (χ1) is 7.03. The van der Waals surface area contributed by atoms with Gasteiger partial charge in [-0.3, -0.25) is 4.79 Å². The topological polar surface area (TPSA) is 64.9 Å². The average molecular weight is 209 g/mol. The van der Waals surface area contributed by atoms with Gasteiger partial charge in [0.05, 0.1) is 12.1 Å². The highest BCUT2D eigenvalue weighted by atomic mass is 16.2. The molecule has 1 aliphatic rings. The van der Waals surface area contributed by atoms with Gasteiger partial charge in [0.2, 0.25) is 5.91 Å². The predicted molar refractivity (Wildman–Crippen MR) is 58.0 cm³/mol. The fourth-order valence-electron chi connectivity index (χ4n) is 1.54. The third-order valence-electron chi connectivity index (χ3n) is 2.70. The number of nitrogens with one attached hydrogen (secondary N) is 2. The average Bonchev–Trinajstić information content (AvgIpc) is 2.94. The lowest BCUT2D eigenvalue weighted by atomic mass is 10.0. The van der Waals surface area contributed by atoms with Crippen LogP contribution in [0.3, 0.4) is 0 Å². The van der Waals surface area contributed by atoms with Crippen molar-refractivity contribution in [2.45, 2.75) is 44.7 Å². The van der Waals surface area contributed by atoms with Crippen LogP contribution in [0.15, 0.2) is 0 Å². The third kappa shape index (κ3) is 3.21. The second-order valence-electron chi connectivity index (χ2n) is 4.65. The van der Waals surface area contributed by atoms with Gasteiger partial charge in [-0.25, -0.2) is 0 Å². The van der Waals surface area contributed by atoms with Gasteiger partial charge in [-0.2, -0.15) is 5.26 Å². The molecule has 1 aliphatic carbocycles. The fourth-order valence-corrected chi connectivity index (χ4v) is 1.54. The molecule has 0 aromatic heterocycles. The van der Waals surface area contributed by atoms with Crippen molar-refractivity contribution in [1.82, 2.24) is 10.6 Å². The van der Waals surface area contributed by atoms with E-state index in [9.17, 15) is 4.79 Å². The lowest BCUT2D eigenvalue weighted by Crippen LogP contribution is -2.47. The number of rotatable bonds is 5. The molecule has 0 bridgehead atoms. The highest BCUT2D eigenvalue weighted by Crippen LogP contribution is 2.34. The van der Waals surface area contributed by atoms with Crippen molar-refractivity contribution in [3.8, 4) is 6.07 Å². The molecule has 84 valence electrons. The number of hydrogen-bond donors (Lipinski definition) is 2. The van der Waals surface area contributed by atoms with Crippen LogP contribution < -0.4 is 10.6 Å². The Morgan fingerprint density at radius 1 is 1.53 bits per heavy atom. The summed E-state index contributed by atoms with van der Waals surface area (Å²) >= 11 is 0. The summed E-state index contributed by atoms with van der Waals surface area (Å²) in [5.74, 6) is 0.413. The van der Waals surface area contributed by atoms with Crippen LogP contribution >= 0.6 is 0 Å². The number of nitrogens with zero attached hydrogens (tertiary/aromatic N) is 1. The predicted octanol–water partition coefficient (Wildman–Crippen LogP) is 0.793. The Hall–Kier alpha value is -1.08. The van der Waals surface area contributed by atoms with Crippen LogP contribution in [-0.4, -0.2) is 24.5 Å². The Kier molecular flexibility index (Phi) is 3.70. The van der Waals surface area contributed by atoms with E-state index in [1.165, 1.54) is 0 Å². The molecule has 4 nitrogen and oxygen atoms in total. The van der Waals surface area contributed by atoms with Crippen molar-refractivity contribution in [3.63, 3.8) is 0 Å². The SMILES string of the molecule is CN[C@@H](CC(C)C)C(=O)NC1(C#N)CC1. The molecule has 0 spiro atoms. The van der Waals surface area contributed by atoms with Gasteiger partial charge in [-0.15, -0.1) is 0 Å². The largest absolute Gasteiger partial charge is 0.336 e. The first kappa shape index (κ1) is 12.0. The van der Waals surface area contributed by atoms with Crippen molar-refractivity contribution in [2.24, 2.45) is 5.92 Å². The molecule has 0 aliphatic heterocycles. The summed E-state index contributed by atoms with van der Waals surface area (Å²) < 4.78 is 0. The third-order valence-corrected chi connectivity index (χ3v) is 2.70. The second kappa shape index (κ2) is 4.63. The normalized spacial score (nSPS) is 19.4. The summed E-state index contributed by atoms with van der Waals surface area (Å²) in [6.45, 7) is 4.16. The summed E-state index contributed by atoms with van der Waals surface area (Å²) in [4.78, 5) is 11.8. The van der Waals surface area contributed by atoms with Crippen LogP contribution in [0.5, 0.6) is 0 Å². The quantitative estimate of drug-likeness (QED) is 0.703. The molecule has 0 radical (unpaired) electrons. The monoisotopic (exact) mass is 209 g/mol. The van der Waals surface area contributed by atoms with E-state index in [2.05, 4.69) is 30.6 Å². The number of likely N-dealkylation sites (N-methyl/N-ethyl adjacent to an activating group) is 1. The van der Waals surface area contributed by atoms with Crippen molar-refractivity contribution < 1.29 is 4.79 Å². The molecule has 0 saturated heterocycles. The van der Waals surface area contributed by atoms with Crippen LogP contribution in [0.2, 0.25) is 0 Å². The summed E-state index contributed by atoms with van der Waals surface area (Å²) in [6, 6.07) is 1.97. The van der Waals surface area contributed by atoms with Crippen molar-refractivity contribution >= 4 is 5.91 Å². The standard InChI is InChI=1S/C11H19N3O/c1-8(2)6-9(13-3)10(15)14-11(7-12)4-5-11/h8-9,13H,4-6H2,1-3H3,(H,14,15)/t9-/m0/s1. The lowest BCUT2D eigenvalue weighted by molar-refractivity contribution is -0.124. The molecule has 2 N–H and O–H groups in total. The van der Waals surface area contributed by atoms with Gasteiger partial charge < -0.3 is 10.6 Å². The van der Waals surface area contributed by atoms with Crippen molar-refractivity contribution in [3.05, 3.63) is 0 Å². The zero-order chi connectivity index (χ0) is 11.5. The van der Waals surface area contributed by atoms with Gasteiger partial charge in [0.25, 0.3) is 0 Å². The van der Waals surface area contributed by atoms with E-state index in [1.807, 2.05) is 0 Å². The summed E-state index contributed by atoms with van der Waals surface area (Å²) in [5.41, 5.74) is -0.552. The number of carbonyl (C=O) groups excluding carboxylic acids is 1. The van der Waals surface area contributed by atoms with Crippen LogP contribution in [0.4, 0.5) is 0 Å². The first-order valence-corrected chi connectivity index (χ1v) is 5.43. The Morgan fingerprint density at radius 3 is 2.47 bits per heavy atom. The van der Waals surface area contributed by atoms with Crippen LogP contribution in [0.25, 0.3) is 0 Å². The molecule has 1 fully saturated rings. The molecular weight excluding hydrogens is 190 g/mol. The minimum atomic E-state index is -0.552. The number of amides is 1. The highest BCUT2D eigenvalue weighted by molar-refractivity contribution is 5.83. The Morgan fingerprint density at radius 2 is 2.13 bits per heavy atom. The van der Waals surface area contributed by atoms with Gasteiger partial charge in [0.15, 0.2) is 0 Å². The molecule has 1 atom stereocenters.